The van der Waals surface area contributed by atoms with E-state index in [0.29, 0.717) is 12.6 Å². The molecule has 1 heterocycles. The Morgan fingerprint density at radius 2 is 2.17 bits per heavy atom. The lowest BCUT2D eigenvalue weighted by Crippen LogP contribution is -2.51. The molecule has 3 heteroatoms. The second-order valence-electron chi connectivity index (χ2n) is 3.78. The van der Waals surface area contributed by atoms with Crippen LogP contribution in [0.2, 0.25) is 0 Å². The number of rotatable bonds is 2. The number of piperazine rings is 1. The standard InChI is InChI=1S/C9H18N2O/c1-8-6-10(3)4-5-11(8)7-9(2)12/h8H,4-7H2,1-3H3. The fourth-order valence-corrected chi connectivity index (χ4v) is 1.70. The molecule has 0 radical (unpaired) electrons. The summed E-state index contributed by atoms with van der Waals surface area (Å²) in [6.45, 7) is 7.64. The van der Waals surface area contributed by atoms with Crippen LogP contribution in [0, 0.1) is 0 Å². The number of carbonyl (C=O) groups excluding carboxylic acids is 1. The highest BCUT2D eigenvalue weighted by Gasteiger charge is 2.21. The molecular formula is C9H18N2O. The van der Waals surface area contributed by atoms with Crippen LogP contribution in [-0.2, 0) is 4.79 Å². The lowest BCUT2D eigenvalue weighted by Gasteiger charge is -2.37. The third kappa shape index (κ3) is 2.57. The highest BCUT2D eigenvalue weighted by molar-refractivity contribution is 5.77. The van der Waals surface area contributed by atoms with Gasteiger partial charge in [0.25, 0.3) is 0 Å². The molecule has 1 rings (SSSR count). The molecule has 1 unspecified atom stereocenters. The van der Waals surface area contributed by atoms with Crippen molar-refractivity contribution in [3.05, 3.63) is 0 Å². The fraction of sp³-hybridized carbons (Fsp3) is 0.889. The molecule has 0 aromatic heterocycles. The lowest BCUT2D eigenvalue weighted by molar-refractivity contribution is -0.119. The minimum Gasteiger partial charge on any atom is -0.304 e. The maximum absolute atomic E-state index is 10.9. The summed E-state index contributed by atoms with van der Waals surface area (Å²) >= 11 is 0. The first-order valence-corrected chi connectivity index (χ1v) is 4.51. The van der Waals surface area contributed by atoms with E-state index >= 15 is 0 Å². The molecule has 0 aliphatic carbocycles. The van der Waals surface area contributed by atoms with Gasteiger partial charge in [-0.25, -0.2) is 0 Å². The van der Waals surface area contributed by atoms with Crippen LogP contribution in [-0.4, -0.2) is 54.9 Å². The largest absolute Gasteiger partial charge is 0.304 e. The Bertz CT molecular complexity index is 170. The van der Waals surface area contributed by atoms with E-state index in [9.17, 15) is 4.79 Å². The van der Waals surface area contributed by atoms with Gasteiger partial charge in [0, 0.05) is 25.7 Å². The fourth-order valence-electron chi connectivity index (χ4n) is 1.70. The molecule has 0 saturated carbocycles. The van der Waals surface area contributed by atoms with E-state index in [1.165, 1.54) is 0 Å². The van der Waals surface area contributed by atoms with Gasteiger partial charge in [-0.15, -0.1) is 0 Å². The number of carbonyl (C=O) groups is 1. The molecule has 1 saturated heterocycles. The predicted molar refractivity (Wildman–Crippen MR) is 49.2 cm³/mol. The third-order valence-electron chi connectivity index (χ3n) is 2.39. The minimum absolute atomic E-state index is 0.270. The van der Waals surface area contributed by atoms with Crippen LogP contribution in [0.5, 0.6) is 0 Å². The summed E-state index contributed by atoms with van der Waals surface area (Å²) in [5, 5.41) is 0. The van der Waals surface area contributed by atoms with Gasteiger partial charge in [-0.2, -0.15) is 0 Å². The molecule has 0 amide bonds. The molecule has 70 valence electrons. The Balaban J connectivity index is 2.39. The second-order valence-corrected chi connectivity index (χ2v) is 3.78. The summed E-state index contributed by atoms with van der Waals surface area (Å²) in [6.07, 6.45) is 0. The highest BCUT2D eigenvalue weighted by atomic mass is 16.1. The summed E-state index contributed by atoms with van der Waals surface area (Å²) < 4.78 is 0. The van der Waals surface area contributed by atoms with Gasteiger partial charge in [0.15, 0.2) is 0 Å². The molecule has 12 heavy (non-hydrogen) atoms. The van der Waals surface area contributed by atoms with Crippen molar-refractivity contribution in [1.82, 2.24) is 9.80 Å². The van der Waals surface area contributed by atoms with E-state index in [0.717, 1.165) is 19.6 Å². The van der Waals surface area contributed by atoms with E-state index < -0.39 is 0 Å². The summed E-state index contributed by atoms with van der Waals surface area (Å²) in [5.41, 5.74) is 0. The van der Waals surface area contributed by atoms with Crippen LogP contribution in [0.15, 0.2) is 0 Å². The molecule has 0 bridgehead atoms. The topological polar surface area (TPSA) is 23.6 Å². The van der Waals surface area contributed by atoms with Crippen molar-refractivity contribution < 1.29 is 4.79 Å². The SMILES string of the molecule is CC(=O)CN1CCN(C)CC1C. The number of likely N-dealkylation sites (N-methyl/N-ethyl adjacent to an activating group) is 1. The van der Waals surface area contributed by atoms with Crippen LogP contribution in [0.3, 0.4) is 0 Å². The van der Waals surface area contributed by atoms with Gasteiger partial charge in [0.05, 0.1) is 6.54 Å². The van der Waals surface area contributed by atoms with Crippen LogP contribution in [0.1, 0.15) is 13.8 Å². The van der Waals surface area contributed by atoms with E-state index in [-0.39, 0.29) is 5.78 Å². The summed E-state index contributed by atoms with van der Waals surface area (Å²) in [4.78, 5) is 15.4. The van der Waals surface area contributed by atoms with Crippen molar-refractivity contribution in [2.24, 2.45) is 0 Å². The molecule has 0 aromatic carbocycles. The number of hydrogen-bond donors (Lipinski definition) is 0. The number of ketones is 1. The van der Waals surface area contributed by atoms with Crippen molar-refractivity contribution in [2.75, 3.05) is 33.2 Å². The zero-order valence-electron chi connectivity index (χ0n) is 8.21. The Morgan fingerprint density at radius 1 is 1.50 bits per heavy atom. The van der Waals surface area contributed by atoms with Crippen molar-refractivity contribution in [1.29, 1.82) is 0 Å². The molecule has 0 spiro atoms. The zero-order valence-corrected chi connectivity index (χ0v) is 8.21. The molecule has 1 aliphatic heterocycles. The van der Waals surface area contributed by atoms with Gasteiger partial charge in [0.1, 0.15) is 5.78 Å². The molecular weight excluding hydrogens is 152 g/mol. The number of Topliss-reactive ketones (excluding diaryl/α,β-unsaturated/α-hetero) is 1. The molecule has 1 fully saturated rings. The summed E-state index contributed by atoms with van der Waals surface area (Å²) in [5.74, 6) is 0.270. The molecule has 0 N–H and O–H groups in total. The van der Waals surface area contributed by atoms with Crippen molar-refractivity contribution in [2.45, 2.75) is 19.9 Å². The molecule has 1 atom stereocenters. The molecule has 3 nitrogen and oxygen atoms in total. The van der Waals surface area contributed by atoms with Gasteiger partial charge in [0.2, 0.25) is 0 Å². The van der Waals surface area contributed by atoms with Crippen LogP contribution >= 0.6 is 0 Å². The van der Waals surface area contributed by atoms with Crippen molar-refractivity contribution in [3.63, 3.8) is 0 Å². The van der Waals surface area contributed by atoms with Crippen molar-refractivity contribution in [3.8, 4) is 0 Å². The first-order valence-electron chi connectivity index (χ1n) is 4.51. The van der Waals surface area contributed by atoms with Gasteiger partial charge in [-0.1, -0.05) is 0 Å². The first kappa shape index (κ1) is 9.68. The smallest absolute Gasteiger partial charge is 0.143 e. The van der Waals surface area contributed by atoms with E-state index in [1.807, 2.05) is 0 Å². The van der Waals surface area contributed by atoms with E-state index in [4.69, 9.17) is 0 Å². The third-order valence-corrected chi connectivity index (χ3v) is 2.39. The maximum Gasteiger partial charge on any atom is 0.143 e. The van der Waals surface area contributed by atoms with Crippen LogP contribution < -0.4 is 0 Å². The summed E-state index contributed by atoms with van der Waals surface area (Å²) in [7, 11) is 2.13. The first-order chi connectivity index (χ1) is 5.59. The molecule has 0 aromatic rings. The maximum atomic E-state index is 10.9. The Morgan fingerprint density at radius 3 is 2.67 bits per heavy atom. The minimum atomic E-state index is 0.270. The number of nitrogens with zero attached hydrogens (tertiary/aromatic N) is 2. The average molecular weight is 170 g/mol. The van der Waals surface area contributed by atoms with E-state index in [1.54, 1.807) is 6.92 Å². The lowest BCUT2D eigenvalue weighted by atomic mass is 10.2. The van der Waals surface area contributed by atoms with Gasteiger partial charge in [-0.3, -0.25) is 9.69 Å². The average Bonchev–Trinajstić information content (AvgIpc) is 1.94. The Kier molecular flexibility index (Phi) is 3.23. The Labute approximate surface area is 74.3 Å². The quantitative estimate of drug-likeness (QED) is 0.592. The second kappa shape index (κ2) is 4.01. The monoisotopic (exact) mass is 170 g/mol. The van der Waals surface area contributed by atoms with Crippen LogP contribution in [0.4, 0.5) is 0 Å². The van der Waals surface area contributed by atoms with E-state index in [2.05, 4.69) is 23.8 Å². The van der Waals surface area contributed by atoms with Crippen molar-refractivity contribution >= 4 is 5.78 Å². The van der Waals surface area contributed by atoms with Crippen LogP contribution in [0.25, 0.3) is 0 Å². The zero-order chi connectivity index (χ0) is 9.14. The molecule has 1 aliphatic rings. The van der Waals surface area contributed by atoms with Gasteiger partial charge >= 0.3 is 0 Å². The summed E-state index contributed by atoms with van der Waals surface area (Å²) in [6, 6.07) is 0.521. The van der Waals surface area contributed by atoms with Gasteiger partial charge in [-0.05, 0) is 20.9 Å². The Hall–Kier alpha value is -0.410. The van der Waals surface area contributed by atoms with Gasteiger partial charge < -0.3 is 4.90 Å². The highest BCUT2D eigenvalue weighted by Crippen LogP contribution is 2.06. The normalized spacial score (nSPS) is 27.4. The predicted octanol–water partition coefficient (Wildman–Crippen LogP) is 0.211. The number of hydrogen-bond acceptors (Lipinski definition) is 3.